The van der Waals surface area contributed by atoms with E-state index in [1.165, 1.54) is 11.8 Å². The van der Waals surface area contributed by atoms with Crippen LogP contribution in [0.2, 0.25) is 0 Å². The summed E-state index contributed by atoms with van der Waals surface area (Å²) in [4.78, 5) is 16.2. The van der Waals surface area contributed by atoms with Crippen molar-refractivity contribution in [1.29, 1.82) is 0 Å². The summed E-state index contributed by atoms with van der Waals surface area (Å²) in [6.45, 7) is 3.87. The molecular formula is C15H16F3N3O2S. The zero-order valence-corrected chi connectivity index (χ0v) is 13.9. The Morgan fingerprint density at radius 2 is 2.00 bits per heavy atom. The lowest BCUT2D eigenvalue weighted by Gasteiger charge is -2.11. The molecule has 2 aromatic rings. The summed E-state index contributed by atoms with van der Waals surface area (Å²) in [6, 6.07) is 7.78. The summed E-state index contributed by atoms with van der Waals surface area (Å²) in [5, 5.41) is 5.56. The third-order valence-corrected chi connectivity index (χ3v) is 4.17. The average molecular weight is 359 g/mol. The molecule has 0 radical (unpaired) electrons. The number of hydrogen-bond acceptors (Lipinski definition) is 5. The molecule has 9 heteroatoms. The Kier molecular flexibility index (Phi) is 5.87. The first-order chi connectivity index (χ1) is 11.3. The van der Waals surface area contributed by atoms with Crippen LogP contribution in [-0.2, 0) is 17.4 Å². The van der Waals surface area contributed by atoms with E-state index in [-0.39, 0.29) is 29.9 Å². The number of carbonyl (C=O) groups excluding carboxylic acids is 1. The van der Waals surface area contributed by atoms with Crippen LogP contribution in [0.4, 0.5) is 13.2 Å². The molecule has 1 heterocycles. The minimum Gasteiger partial charge on any atom is -0.355 e. The van der Waals surface area contributed by atoms with E-state index in [2.05, 4.69) is 20.0 Å². The predicted molar refractivity (Wildman–Crippen MR) is 82.5 cm³/mol. The number of nitrogens with one attached hydrogen (secondary N) is 1. The zero-order chi connectivity index (χ0) is 17.7. The lowest BCUT2D eigenvalue weighted by molar-refractivity contribution is -0.159. The maximum absolute atomic E-state index is 12.3. The second-order valence-electron chi connectivity index (χ2n) is 5.13. The largest absolute Gasteiger partial charge is 0.471 e. The Bertz CT molecular complexity index is 686. The monoisotopic (exact) mass is 359 g/mol. The maximum atomic E-state index is 12.3. The van der Waals surface area contributed by atoms with Gasteiger partial charge in [0, 0.05) is 17.9 Å². The van der Waals surface area contributed by atoms with E-state index in [0.29, 0.717) is 0 Å². The molecule has 0 fully saturated rings. The number of alkyl halides is 3. The molecule has 1 atom stereocenters. The van der Waals surface area contributed by atoms with Crippen molar-refractivity contribution in [1.82, 2.24) is 15.5 Å². The second kappa shape index (κ2) is 7.69. The SMILES string of the molecule is Cc1ccc(SC(C)C(=O)NCCc2noc(C(F)(F)F)n2)cc1. The molecule has 1 N–H and O–H groups in total. The molecule has 0 saturated carbocycles. The van der Waals surface area contributed by atoms with Crippen LogP contribution in [-0.4, -0.2) is 27.8 Å². The molecule has 0 spiro atoms. The molecule has 1 aromatic heterocycles. The fourth-order valence-electron chi connectivity index (χ4n) is 1.79. The fraction of sp³-hybridized carbons (Fsp3) is 0.400. The second-order valence-corrected chi connectivity index (χ2v) is 6.54. The van der Waals surface area contributed by atoms with Crippen LogP contribution < -0.4 is 5.32 Å². The van der Waals surface area contributed by atoms with Gasteiger partial charge in [0.2, 0.25) is 5.91 Å². The van der Waals surface area contributed by atoms with Crippen molar-refractivity contribution in [2.45, 2.75) is 36.6 Å². The summed E-state index contributed by atoms with van der Waals surface area (Å²) in [7, 11) is 0. The fourth-order valence-corrected chi connectivity index (χ4v) is 2.68. The van der Waals surface area contributed by atoms with Crippen molar-refractivity contribution in [3.63, 3.8) is 0 Å². The van der Waals surface area contributed by atoms with Crippen molar-refractivity contribution < 1.29 is 22.5 Å². The number of carbonyl (C=O) groups is 1. The van der Waals surface area contributed by atoms with Gasteiger partial charge in [-0.3, -0.25) is 4.79 Å². The van der Waals surface area contributed by atoms with E-state index < -0.39 is 12.1 Å². The Labute approximate surface area is 141 Å². The molecule has 1 unspecified atom stereocenters. The molecule has 5 nitrogen and oxygen atoms in total. The van der Waals surface area contributed by atoms with Crippen LogP contribution in [0.15, 0.2) is 33.7 Å². The smallest absolute Gasteiger partial charge is 0.355 e. The van der Waals surface area contributed by atoms with E-state index in [1.54, 1.807) is 6.92 Å². The van der Waals surface area contributed by atoms with E-state index in [9.17, 15) is 18.0 Å². The van der Waals surface area contributed by atoms with E-state index in [4.69, 9.17) is 0 Å². The normalized spacial score (nSPS) is 12.9. The van der Waals surface area contributed by atoms with Crippen LogP contribution in [0.25, 0.3) is 0 Å². The van der Waals surface area contributed by atoms with Gasteiger partial charge in [0.05, 0.1) is 5.25 Å². The molecule has 2 rings (SSSR count). The highest BCUT2D eigenvalue weighted by molar-refractivity contribution is 8.00. The number of halogens is 3. The molecule has 0 aliphatic rings. The Hall–Kier alpha value is -2.03. The molecule has 1 aromatic carbocycles. The Morgan fingerprint density at radius 3 is 2.58 bits per heavy atom. The van der Waals surface area contributed by atoms with Crippen LogP contribution in [0.3, 0.4) is 0 Å². The Morgan fingerprint density at radius 1 is 1.33 bits per heavy atom. The number of amides is 1. The molecule has 24 heavy (non-hydrogen) atoms. The molecular weight excluding hydrogens is 343 g/mol. The van der Waals surface area contributed by atoms with Gasteiger partial charge in [0.15, 0.2) is 5.82 Å². The first-order valence-corrected chi connectivity index (χ1v) is 8.04. The molecule has 0 saturated heterocycles. The third kappa shape index (κ3) is 5.26. The van der Waals surface area contributed by atoms with Crippen molar-refractivity contribution in [2.75, 3.05) is 6.54 Å². The first-order valence-electron chi connectivity index (χ1n) is 7.16. The number of benzene rings is 1. The van der Waals surface area contributed by atoms with Crippen molar-refractivity contribution in [2.24, 2.45) is 0 Å². The van der Waals surface area contributed by atoms with Gasteiger partial charge in [-0.15, -0.1) is 11.8 Å². The van der Waals surface area contributed by atoms with Gasteiger partial charge >= 0.3 is 12.1 Å². The predicted octanol–water partition coefficient (Wildman–Crippen LogP) is 3.24. The van der Waals surface area contributed by atoms with E-state index >= 15 is 0 Å². The number of thioether (sulfide) groups is 1. The molecule has 130 valence electrons. The van der Waals surface area contributed by atoms with Crippen molar-refractivity contribution in [3.05, 3.63) is 41.5 Å². The van der Waals surface area contributed by atoms with E-state index in [1.807, 2.05) is 31.2 Å². The quantitative estimate of drug-likeness (QED) is 0.802. The first kappa shape index (κ1) is 18.3. The minimum atomic E-state index is -4.66. The van der Waals surface area contributed by atoms with Gasteiger partial charge in [-0.25, -0.2) is 0 Å². The summed E-state index contributed by atoms with van der Waals surface area (Å²) < 4.78 is 41.1. The highest BCUT2D eigenvalue weighted by Crippen LogP contribution is 2.27. The number of aromatic nitrogens is 2. The van der Waals surface area contributed by atoms with Gasteiger partial charge in [0.25, 0.3) is 0 Å². The molecule has 0 aliphatic carbocycles. The lowest BCUT2D eigenvalue weighted by Crippen LogP contribution is -2.32. The lowest BCUT2D eigenvalue weighted by atomic mass is 10.2. The number of hydrogen-bond donors (Lipinski definition) is 1. The third-order valence-electron chi connectivity index (χ3n) is 3.06. The zero-order valence-electron chi connectivity index (χ0n) is 13.1. The number of nitrogens with zero attached hydrogens (tertiary/aromatic N) is 2. The van der Waals surface area contributed by atoms with E-state index in [0.717, 1.165) is 10.5 Å². The maximum Gasteiger partial charge on any atom is 0.471 e. The average Bonchev–Trinajstić information content (AvgIpc) is 2.98. The summed E-state index contributed by atoms with van der Waals surface area (Å²) in [5.74, 6) is -1.69. The van der Waals surface area contributed by atoms with Crippen molar-refractivity contribution in [3.8, 4) is 0 Å². The summed E-state index contributed by atoms with van der Waals surface area (Å²) in [6.07, 6.45) is -4.60. The number of rotatable bonds is 6. The topological polar surface area (TPSA) is 68.0 Å². The van der Waals surface area contributed by atoms with Gasteiger partial charge in [-0.1, -0.05) is 22.9 Å². The van der Waals surface area contributed by atoms with Crippen LogP contribution in [0.5, 0.6) is 0 Å². The molecule has 0 bridgehead atoms. The highest BCUT2D eigenvalue weighted by atomic mass is 32.2. The van der Waals surface area contributed by atoms with Gasteiger partial charge in [-0.05, 0) is 26.0 Å². The molecule has 0 aliphatic heterocycles. The number of aryl methyl sites for hydroxylation is 1. The van der Waals surface area contributed by atoms with Crippen LogP contribution >= 0.6 is 11.8 Å². The minimum absolute atomic E-state index is 0.0627. The Balaban J connectivity index is 1.78. The summed E-state index contributed by atoms with van der Waals surface area (Å²) in [5.41, 5.74) is 1.13. The molecule has 1 amide bonds. The van der Waals surface area contributed by atoms with Gasteiger partial charge < -0.3 is 9.84 Å². The van der Waals surface area contributed by atoms with Crippen LogP contribution in [0, 0.1) is 6.92 Å². The highest BCUT2D eigenvalue weighted by Gasteiger charge is 2.38. The van der Waals surface area contributed by atoms with Gasteiger partial charge in [-0.2, -0.15) is 18.2 Å². The van der Waals surface area contributed by atoms with Crippen molar-refractivity contribution >= 4 is 17.7 Å². The van der Waals surface area contributed by atoms with Gasteiger partial charge in [0.1, 0.15) is 0 Å². The van der Waals surface area contributed by atoms with Crippen LogP contribution in [0.1, 0.15) is 24.2 Å². The summed E-state index contributed by atoms with van der Waals surface area (Å²) >= 11 is 1.40. The standard InChI is InChI=1S/C15H16F3N3O2S/c1-9-3-5-11(6-4-9)24-10(2)13(22)19-8-7-12-20-14(23-21-12)15(16,17)18/h3-6,10H,7-8H2,1-2H3,(H,19,22).